The maximum atomic E-state index is 12.1. The van der Waals surface area contributed by atoms with Crippen LogP contribution in [0.1, 0.15) is 18.1 Å². The van der Waals surface area contributed by atoms with E-state index in [-0.39, 0.29) is 11.8 Å². The largest absolute Gasteiger partial charge is 0.339 e. The molecule has 4 nitrogen and oxygen atoms in total. The summed E-state index contributed by atoms with van der Waals surface area (Å²) < 4.78 is 0. The molecule has 2 rings (SSSR count). The van der Waals surface area contributed by atoms with Crippen molar-refractivity contribution in [3.05, 3.63) is 35.4 Å². The molecule has 0 unspecified atom stereocenters. The lowest BCUT2D eigenvalue weighted by Crippen LogP contribution is -2.50. The molecule has 0 saturated carbocycles. The van der Waals surface area contributed by atoms with Crippen LogP contribution in [0.4, 0.5) is 0 Å². The third-order valence-electron chi connectivity index (χ3n) is 3.65. The zero-order valence-electron chi connectivity index (χ0n) is 12.7. The molecule has 1 aromatic rings. The molecule has 0 spiro atoms. The fourth-order valence-corrected chi connectivity index (χ4v) is 3.29. The van der Waals surface area contributed by atoms with Gasteiger partial charge >= 0.3 is 0 Å². The summed E-state index contributed by atoms with van der Waals surface area (Å²) in [6, 6.07) is 8.38. The van der Waals surface area contributed by atoms with E-state index in [9.17, 15) is 9.59 Å². The summed E-state index contributed by atoms with van der Waals surface area (Å²) in [7, 11) is 0. The van der Waals surface area contributed by atoms with E-state index in [1.54, 1.807) is 23.6 Å². The number of rotatable bonds is 4. The number of carbonyl (C=O) groups is 2. The second-order valence-electron chi connectivity index (χ2n) is 5.37. The van der Waals surface area contributed by atoms with E-state index in [2.05, 4.69) is 25.1 Å². The minimum atomic E-state index is 0.0934. The molecule has 21 heavy (non-hydrogen) atoms. The quantitative estimate of drug-likeness (QED) is 0.853. The van der Waals surface area contributed by atoms with Crippen molar-refractivity contribution in [2.24, 2.45) is 0 Å². The molecular formula is C16H22N2O2S. The van der Waals surface area contributed by atoms with Crippen molar-refractivity contribution < 1.29 is 9.59 Å². The third-order valence-corrected chi connectivity index (χ3v) is 4.64. The average Bonchev–Trinajstić information content (AvgIpc) is 2.47. The van der Waals surface area contributed by atoms with Crippen LogP contribution in [0.25, 0.3) is 0 Å². The summed E-state index contributed by atoms with van der Waals surface area (Å²) in [4.78, 5) is 27.0. The molecule has 0 radical (unpaired) electrons. The van der Waals surface area contributed by atoms with E-state index < -0.39 is 0 Å². The molecule has 0 aliphatic carbocycles. The first-order valence-corrected chi connectivity index (χ1v) is 8.38. The SMILES string of the molecule is CC(=O)N1CCN(C(=O)CSCc2cccc(C)c2)CC1. The van der Waals surface area contributed by atoms with Gasteiger partial charge in [-0.3, -0.25) is 9.59 Å². The van der Waals surface area contributed by atoms with Crippen molar-refractivity contribution in [2.45, 2.75) is 19.6 Å². The lowest BCUT2D eigenvalue weighted by molar-refractivity contribution is -0.136. The van der Waals surface area contributed by atoms with Crippen molar-refractivity contribution in [1.82, 2.24) is 9.80 Å². The van der Waals surface area contributed by atoms with Crippen molar-refractivity contribution >= 4 is 23.6 Å². The lowest BCUT2D eigenvalue weighted by atomic mass is 10.2. The average molecular weight is 306 g/mol. The van der Waals surface area contributed by atoms with Crippen molar-refractivity contribution in [3.63, 3.8) is 0 Å². The van der Waals surface area contributed by atoms with Gasteiger partial charge < -0.3 is 9.80 Å². The molecule has 1 saturated heterocycles. The summed E-state index contributed by atoms with van der Waals surface area (Å²) in [5.74, 6) is 1.64. The monoisotopic (exact) mass is 306 g/mol. The van der Waals surface area contributed by atoms with Gasteiger partial charge in [-0.15, -0.1) is 11.8 Å². The number of carbonyl (C=O) groups excluding carboxylic acids is 2. The minimum absolute atomic E-state index is 0.0934. The molecule has 1 heterocycles. The minimum Gasteiger partial charge on any atom is -0.339 e. The maximum Gasteiger partial charge on any atom is 0.232 e. The van der Waals surface area contributed by atoms with E-state index in [0.29, 0.717) is 31.9 Å². The lowest BCUT2D eigenvalue weighted by Gasteiger charge is -2.34. The molecule has 2 amide bonds. The second-order valence-corrected chi connectivity index (χ2v) is 6.35. The van der Waals surface area contributed by atoms with Crippen LogP contribution in [0, 0.1) is 6.92 Å². The van der Waals surface area contributed by atoms with E-state index >= 15 is 0 Å². The van der Waals surface area contributed by atoms with Gasteiger partial charge in [0.15, 0.2) is 0 Å². The highest BCUT2D eigenvalue weighted by Crippen LogP contribution is 2.14. The van der Waals surface area contributed by atoms with Crippen LogP contribution in [0.3, 0.4) is 0 Å². The zero-order chi connectivity index (χ0) is 15.2. The van der Waals surface area contributed by atoms with Gasteiger partial charge in [0.05, 0.1) is 5.75 Å². The number of hydrogen-bond acceptors (Lipinski definition) is 3. The van der Waals surface area contributed by atoms with Gasteiger partial charge in [0.25, 0.3) is 0 Å². The van der Waals surface area contributed by atoms with Crippen LogP contribution >= 0.6 is 11.8 Å². The topological polar surface area (TPSA) is 40.6 Å². The van der Waals surface area contributed by atoms with Gasteiger partial charge in [-0.2, -0.15) is 0 Å². The number of hydrogen-bond donors (Lipinski definition) is 0. The number of aryl methyl sites for hydroxylation is 1. The fourth-order valence-electron chi connectivity index (χ4n) is 2.42. The first-order chi connectivity index (χ1) is 10.1. The van der Waals surface area contributed by atoms with E-state index in [0.717, 1.165) is 5.75 Å². The van der Waals surface area contributed by atoms with Crippen LogP contribution in [-0.2, 0) is 15.3 Å². The first kappa shape index (κ1) is 15.9. The van der Waals surface area contributed by atoms with Crippen LogP contribution in [0.15, 0.2) is 24.3 Å². The standard InChI is InChI=1S/C16H22N2O2S/c1-13-4-3-5-15(10-13)11-21-12-16(20)18-8-6-17(7-9-18)14(2)19/h3-5,10H,6-9,11-12H2,1-2H3. The third kappa shape index (κ3) is 4.77. The predicted octanol–water partition coefficient (Wildman–Crippen LogP) is 1.92. The summed E-state index contributed by atoms with van der Waals surface area (Å²) in [6.45, 7) is 6.28. The first-order valence-electron chi connectivity index (χ1n) is 7.23. The van der Waals surface area contributed by atoms with E-state index in [1.807, 2.05) is 11.0 Å². The smallest absolute Gasteiger partial charge is 0.232 e. The Morgan fingerprint density at radius 2 is 1.81 bits per heavy atom. The molecule has 0 atom stereocenters. The van der Waals surface area contributed by atoms with Crippen LogP contribution in [0.2, 0.25) is 0 Å². The Bertz CT molecular complexity index is 511. The number of piperazine rings is 1. The Balaban J connectivity index is 1.72. The van der Waals surface area contributed by atoms with Crippen LogP contribution in [0.5, 0.6) is 0 Å². The van der Waals surface area contributed by atoms with Crippen LogP contribution in [-0.4, -0.2) is 53.5 Å². The molecule has 0 aromatic heterocycles. The summed E-state index contributed by atoms with van der Waals surface area (Å²) >= 11 is 1.65. The Morgan fingerprint density at radius 3 is 2.43 bits per heavy atom. The number of nitrogens with zero attached hydrogens (tertiary/aromatic N) is 2. The highest BCUT2D eigenvalue weighted by molar-refractivity contribution is 7.99. The van der Waals surface area contributed by atoms with Crippen LogP contribution < -0.4 is 0 Å². The number of amides is 2. The van der Waals surface area contributed by atoms with Gasteiger partial charge in [-0.25, -0.2) is 0 Å². The van der Waals surface area contributed by atoms with Gasteiger partial charge in [-0.05, 0) is 12.5 Å². The zero-order valence-corrected chi connectivity index (χ0v) is 13.5. The summed E-state index contributed by atoms with van der Waals surface area (Å²) in [6.07, 6.45) is 0. The maximum absolute atomic E-state index is 12.1. The highest BCUT2D eigenvalue weighted by Gasteiger charge is 2.21. The van der Waals surface area contributed by atoms with Crippen molar-refractivity contribution in [3.8, 4) is 0 Å². The Hall–Kier alpha value is -1.49. The Kier molecular flexibility index (Phi) is 5.67. The van der Waals surface area contributed by atoms with Gasteiger partial charge in [0, 0.05) is 38.9 Å². The molecule has 1 aliphatic rings. The molecule has 114 valence electrons. The van der Waals surface area contributed by atoms with Gasteiger partial charge in [-0.1, -0.05) is 29.8 Å². The molecule has 1 aliphatic heterocycles. The summed E-state index contributed by atoms with van der Waals surface area (Å²) in [5, 5.41) is 0. The normalized spacial score (nSPS) is 15.1. The second kappa shape index (κ2) is 7.50. The summed E-state index contributed by atoms with van der Waals surface area (Å²) in [5.41, 5.74) is 2.51. The number of benzene rings is 1. The molecular weight excluding hydrogens is 284 g/mol. The molecule has 0 N–H and O–H groups in total. The number of thioether (sulfide) groups is 1. The fraction of sp³-hybridized carbons (Fsp3) is 0.500. The van der Waals surface area contributed by atoms with Crippen molar-refractivity contribution in [1.29, 1.82) is 0 Å². The van der Waals surface area contributed by atoms with Gasteiger partial charge in [0.1, 0.15) is 0 Å². The highest BCUT2D eigenvalue weighted by atomic mass is 32.2. The van der Waals surface area contributed by atoms with E-state index in [4.69, 9.17) is 0 Å². The van der Waals surface area contributed by atoms with Crippen molar-refractivity contribution in [2.75, 3.05) is 31.9 Å². The molecule has 1 aromatic carbocycles. The molecule has 5 heteroatoms. The molecule has 1 fully saturated rings. The predicted molar refractivity (Wildman–Crippen MR) is 86.2 cm³/mol. The molecule has 0 bridgehead atoms. The van der Waals surface area contributed by atoms with E-state index in [1.165, 1.54) is 11.1 Å². The Morgan fingerprint density at radius 1 is 1.14 bits per heavy atom. The van der Waals surface area contributed by atoms with Gasteiger partial charge in [0.2, 0.25) is 11.8 Å². The Labute approximate surface area is 130 Å².